The zero-order chi connectivity index (χ0) is 20.2. The quantitative estimate of drug-likeness (QED) is 0.536. The summed E-state index contributed by atoms with van der Waals surface area (Å²) in [7, 11) is 0. The van der Waals surface area contributed by atoms with Crippen molar-refractivity contribution in [2.24, 2.45) is 0 Å². The summed E-state index contributed by atoms with van der Waals surface area (Å²) in [6.45, 7) is 8.03. The fraction of sp³-hybridized carbons (Fsp3) is 0.400. The van der Waals surface area contributed by atoms with Crippen LogP contribution in [0.15, 0.2) is 34.1 Å². The summed E-state index contributed by atoms with van der Waals surface area (Å²) in [5.74, 6) is 0.900. The van der Waals surface area contributed by atoms with Crippen molar-refractivity contribution in [3.63, 3.8) is 0 Å². The first-order chi connectivity index (χ1) is 14.1. The highest BCUT2D eigenvalue weighted by atomic mass is 79.9. The predicted molar refractivity (Wildman–Crippen MR) is 124 cm³/mol. The van der Waals surface area contributed by atoms with Crippen molar-refractivity contribution in [2.75, 3.05) is 50.8 Å². The first kappa shape index (κ1) is 20.6. The molecule has 6 nitrogen and oxygen atoms in total. The molecule has 3 aromatic rings. The third-order valence-electron chi connectivity index (χ3n) is 4.81. The van der Waals surface area contributed by atoms with E-state index in [9.17, 15) is 4.79 Å². The number of carbonyl (C=O) groups excluding carboxylic acids is 1. The van der Waals surface area contributed by atoms with Gasteiger partial charge in [-0.15, -0.1) is 11.3 Å². The summed E-state index contributed by atoms with van der Waals surface area (Å²) in [6, 6.07) is 9.84. The van der Waals surface area contributed by atoms with E-state index >= 15 is 0 Å². The van der Waals surface area contributed by atoms with Gasteiger partial charge in [-0.2, -0.15) is 0 Å². The van der Waals surface area contributed by atoms with Gasteiger partial charge in [-0.3, -0.25) is 9.69 Å². The van der Waals surface area contributed by atoms with E-state index in [4.69, 9.17) is 9.72 Å². The number of ether oxygens (including phenoxy) is 1. The molecule has 154 valence electrons. The molecule has 1 saturated heterocycles. The van der Waals surface area contributed by atoms with Gasteiger partial charge >= 0.3 is 0 Å². The normalized spacial score (nSPS) is 15.0. The summed E-state index contributed by atoms with van der Waals surface area (Å²) >= 11 is 6.57. The van der Waals surface area contributed by atoms with Gasteiger partial charge in [0.2, 0.25) is 0 Å². The molecule has 0 unspecified atom stereocenters. The molecule has 0 aliphatic carbocycles. The Hall–Kier alpha value is -1.68. The minimum Gasteiger partial charge on any atom is -0.494 e. The summed E-state index contributed by atoms with van der Waals surface area (Å²) in [5.41, 5.74) is 1.03. The van der Waals surface area contributed by atoms with Gasteiger partial charge in [0.25, 0.3) is 5.91 Å². The van der Waals surface area contributed by atoms with Crippen LogP contribution >= 0.6 is 38.6 Å². The molecule has 1 aromatic carbocycles. The average molecular weight is 495 g/mol. The lowest BCUT2D eigenvalue weighted by molar-refractivity contribution is 0.0952. The molecule has 3 heterocycles. The van der Waals surface area contributed by atoms with E-state index in [0.717, 1.165) is 62.5 Å². The molecule has 1 N–H and O–H groups in total. The fourth-order valence-corrected chi connectivity index (χ4v) is 5.65. The number of aromatic nitrogens is 1. The van der Waals surface area contributed by atoms with E-state index in [1.165, 1.54) is 11.3 Å². The van der Waals surface area contributed by atoms with Gasteiger partial charge < -0.3 is 15.0 Å². The number of rotatable bonds is 7. The number of benzene rings is 1. The average Bonchev–Trinajstić information content (AvgIpc) is 3.34. The molecule has 29 heavy (non-hydrogen) atoms. The minimum absolute atomic E-state index is 0.000216. The lowest BCUT2D eigenvalue weighted by Crippen LogP contribution is -2.48. The smallest absolute Gasteiger partial charge is 0.261 e. The second kappa shape index (κ2) is 9.42. The first-order valence-electron chi connectivity index (χ1n) is 9.66. The highest BCUT2D eigenvalue weighted by Gasteiger charge is 2.20. The van der Waals surface area contributed by atoms with Crippen LogP contribution in [0, 0.1) is 0 Å². The summed E-state index contributed by atoms with van der Waals surface area (Å²) in [5, 5.41) is 4.08. The molecule has 0 radical (unpaired) electrons. The molecule has 1 aliphatic heterocycles. The van der Waals surface area contributed by atoms with Crippen molar-refractivity contribution in [1.82, 2.24) is 15.2 Å². The number of piperazine rings is 1. The Morgan fingerprint density at radius 3 is 2.76 bits per heavy atom. The van der Waals surface area contributed by atoms with E-state index in [1.807, 2.05) is 31.2 Å². The number of nitrogens with one attached hydrogen (secondary N) is 1. The lowest BCUT2D eigenvalue weighted by atomic mass is 10.3. The van der Waals surface area contributed by atoms with Crippen LogP contribution in [0.3, 0.4) is 0 Å². The van der Waals surface area contributed by atoms with Crippen LogP contribution in [-0.4, -0.2) is 61.7 Å². The molecule has 2 aromatic heterocycles. The van der Waals surface area contributed by atoms with Crippen LogP contribution in [0.25, 0.3) is 10.2 Å². The number of carbonyl (C=O) groups is 1. The van der Waals surface area contributed by atoms with Crippen molar-refractivity contribution in [3.8, 4) is 5.75 Å². The van der Waals surface area contributed by atoms with Crippen molar-refractivity contribution in [2.45, 2.75) is 6.92 Å². The molecule has 0 bridgehead atoms. The van der Waals surface area contributed by atoms with E-state index in [2.05, 4.69) is 37.1 Å². The first-order valence-corrected chi connectivity index (χ1v) is 12.1. The fourth-order valence-electron chi connectivity index (χ4n) is 3.30. The standard InChI is InChI=1S/C20H23BrN4O2S2/c1-2-27-14-3-4-15-17(13-14)29-20(23-15)25-11-9-24(10-12-25)8-7-22-19(26)16-5-6-18(21)28-16/h3-6,13H,2,7-12H2,1H3,(H,22,26). The molecule has 4 rings (SSSR count). The number of fused-ring (bicyclic) bond motifs is 1. The molecule has 1 amide bonds. The van der Waals surface area contributed by atoms with Gasteiger partial charge in [-0.1, -0.05) is 11.3 Å². The van der Waals surface area contributed by atoms with E-state index in [1.54, 1.807) is 11.3 Å². The van der Waals surface area contributed by atoms with E-state index < -0.39 is 0 Å². The number of hydrogen-bond donors (Lipinski definition) is 1. The Morgan fingerprint density at radius 1 is 1.21 bits per heavy atom. The van der Waals surface area contributed by atoms with Crippen LogP contribution in [0.4, 0.5) is 5.13 Å². The van der Waals surface area contributed by atoms with Crippen LogP contribution in [0.5, 0.6) is 5.75 Å². The SMILES string of the molecule is CCOc1ccc2nc(N3CCN(CCNC(=O)c4ccc(Br)s4)CC3)sc2c1. The second-order valence-corrected chi connectivity index (χ2v) is 10.2. The Labute approximate surface area is 186 Å². The van der Waals surface area contributed by atoms with Crippen LogP contribution in [0.1, 0.15) is 16.6 Å². The third kappa shape index (κ3) is 5.09. The second-order valence-electron chi connectivity index (χ2n) is 6.75. The zero-order valence-electron chi connectivity index (χ0n) is 16.2. The number of amides is 1. The van der Waals surface area contributed by atoms with Gasteiger partial charge in [-0.25, -0.2) is 4.98 Å². The van der Waals surface area contributed by atoms with Gasteiger partial charge in [0.1, 0.15) is 5.75 Å². The highest BCUT2D eigenvalue weighted by Crippen LogP contribution is 2.32. The Kier molecular flexibility index (Phi) is 6.69. The Morgan fingerprint density at radius 2 is 2.03 bits per heavy atom. The maximum absolute atomic E-state index is 12.1. The largest absolute Gasteiger partial charge is 0.494 e. The summed E-state index contributed by atoms with van der Waals surface area (Å²) in [4.78, 5) is 22.4. The predicted octanol–water partition coefficient (Wildman–Crippen LogP) is 4.07. The molecule has 1 fully saturated rings. The minimum atomic E-state index is 0.000216. The van der Waals surface area contributed by atoms with Crippen LogP contribution in [-0.2, 0) is 0 Å². The molecule has 1 aliphatic rings. The van der Waals surface area contributed by atoms with Crippen molar-refractivity contribution in [1.29, 1.82) is 0 Å². The third-order valence-corrected chi connectivity index (χ3v) is 7.51. The molecule has 0 saturated carbocycles. The van der Waals surface area contributed by atoms with Gasteiger partial charge in [0.05, 0.1) is 25.5 Å². The summed E-state index contributed by atoms with van der Waals surface area (Å²) < 4.78 is 7.73. The number of halogens is 1. The van der Waals surface area contributed by atoms with Crippen LogP contribution < -0.4 is 15.0 Å². The summed E-state index contributed by atoms with van der Waals surface area (Å²) in [6.07, 6.45) is 0. The lowest BCUT2D eigenvalue weighted by Gasteiger charge is -2.34. The molecule has 9 heteroatoms. The maximum Gasteiger partial charge on any atom is 0.261 e. The molecular weight excluding hydrogens is 472 g/mol. The molecule has 0 spiro atoms. The van der Waals surface area contributed by atoms with E-state index in [0.29, 0.717) is 13.2 Å². The topological polar surface area (TPSA) is 57.7 Å². The molecular formula is C20H23BrN4O2S2. The van der Waals surface area contributed by atoms with Gasteiger partial charge in [0.15, 0.2) is 5.13 Å². The van der Waals surface area contributed by atoms with Gasteiger partial charge in [-0.05, 0) is 53.2 Å². The van der Waals surface area contributed by atoms with Crippen molar-refractivity contribution in [3.05, 3.63) is 39.0 Å². The highest BCUT2D eigenvalue weighted by molar-refractivity contribution is 9.11. The number of thiophene rings is 1. The maximum atomic E-state index is 12.1. The number of thiazole rings is 1. The number of anilines is 1. The van der Waals surface area contributed by atoms with Crippen molar-refractivity contribution < 1.29 is 9.53 Å². The van der Waals surface area contributed by atoms with Crippen molar-refractivity contribution >= 4 is 59.9 Å². The Bertz CT molecular complexity index is 982. The Balaban J connectivity index is 1.26. The monoisotopic (exact) mass is 494 g/mol. The molecule has 0 atom stereocenters. The van der Waals surface area contributed by atoms with Crippen LogP contribution in [0.2, 0.25) is 0 Å². The van der Waals surface area contributed by atoms with Gasteiger partial charge in [0, 0.05) is 39.3 Å². The number of hydrogen-bond acceptors (Lipinski definition) is 7. The van der Waals surface area contributed by atoms with E-state index in [-0.39, 0.29) is 5.91 Å². The zero-order valence-corrected chi connectivity index (χ0v) is 19.4. The number of nitrogens with zero attached hydrogens (tertiary/aromatic N) is 3.